The average molecular weight is 300 g/mol. The van der Waals surface area contributed by atoms with Crippen molar-refractivity contribution in [2.45, 2.75) is 13.3 Å². The van der Waals surface area contributed by atoms with E-state index >= 15 is 0 Å². The summed E-state index contributed by atoms with van der Waals surface area (Å²) in [4.78, 5) is 23.7. The molecule has 1 N–H and O–H groups in total. The lowest BCUT2D eigenvalue weighted by Gasteiger charge is -2.13. The van der Waals surface area contributed by atoms with Crippen molar-refractivity contribution in [1.82, 2.24) is 4.90 Å². The van der Waals surface area contributed by atoms with E-state index in [1.165, 1.54) is 25.1 Å². The number of hydrogen-bond acceptors (Lipinski definition) is 4. The maximum Gasteiger partial charge on any atom is 0.573 e. The summed E-state index contributed by atoms with van der Waals surface area (Å²) in [6.07, 6.45) is -3.55. The van der Waals surface area contributed by atoms with Crippen molar-refractivity contribution >= 4 is 17.5 Å². The lowest BCUT2D eigenvalue weighted by molar-refractivity contribution is -0.274. The molecule has 5 nitrogen and oxygen atoms in total. The minimum absolute atomic E-state index is 0.0541. The van der Waals surface area contributed by atoms with Gasteiger partial charge in [-0.15, -0.1) is 13.2 Å². The number of rotatable bonds is 3. The summed E-state index contributed by atoms with van der Waals surface area (Å²) >= 11 is 0. The van der Waals surface area contributed by atoms with Crippen LogP contribution in [0.4, 0.5) is 18.9 Å². The maximum absolute atomic E-state index is 12.1. The highest BCUT2D eigenvalue weighted by atomic mass is 19.4. The summed E-state index contributed by atoms with van der Waals surface area (Å²) in [5, 5.41) is 2.78. The molecule has 0 fully saturated rings. The Balaban J connectivity index is 2.08. The van der Waals surface area contributed by atoms with Crippen LogP contribution >= 0.6 is 0 Å². The van der Waals surface area contributed by atoms with Crippen molar-refractivity contribution in [2.24, 2.45) is 0 Å². The van der Waals surface area contributed by atoms with E-state index in [9.17, 15) is 22.8 Å². The molecule has 0 unspecified atom stereocenters. The predicted molar refractivity (Wildman–Crippen MR) is 67.2 cm³/mol. The van der Waals surface area contributed by atoms with Gasteiger partial charge in [-0.2, -0.15) is 0 Å². The normalized spacial score (nSPS) is 15.0. The Morgan fingerprint density at radius 1 is 1.38 bits per heavy atom. The minimum Gasteiger partial charge on any atom is -0.406 e. The molecule has 1 heterocycles. The van der Waals surface area contributed by atoms with E-state index in [-0.39, 0.29) is 12.3 Å². The van der Waals surface area contributed by atoms with Crippen LogP contribution in [0, 0.1) is 0 Å². The fraction of sp³-hybridized carbons (Fsp3) is 0.231. The van der Waals surface area contributed by atoms with Crippen molar-refractivity contribution in [3.63, 3.8) is 0 Å². The number of halogens is 3. The smallest absolute Gasteiger partial charge is 0.406 e. The maximum atomic E-state index is 12.1. The molecule has 0 bridgehead atoms. The first kappa shape index (κ1) is 14.9. The Morgan fingerprint density at radius 2 is 2.10 bits per heavy atom. The average Bonchev–Trinajstić information content (AvgIpc) is 2.68. The molecule has 8 heteroatoms. The first-order valence-electron chi connectivity index (χ1n) is 5.90. The molecule has 0 aliphatic carbocycles. The molecule has 21 heavy (non-hydrogen) atoms. The molecule has 0 aromatic heterocycles. The molecular formula is C13H11F3N2O3. The van der Waals surface area contributed by atoms with E-state index in [4.69, 9.17) is 0 Å². The van der Waals surface area contributed by atoms with Crippen molar-refractivity contribution in [3.05, 3.63) is 36.0 Å². The highest BCUT2D eigenvalue weighted by molar-refractivity contribution is 6.03. The number of carbonyl (C=O) groups excluding carboxylic acids is 2. The van der Waals surface area contributed by atoms with Crippen molar-refractivity contribution in [1.29, 1.82) is 0 Å². The second-order valence-electron chi connectivity index (χ2n) is 4.31. The van der Waals surface area contributed by atoms with Gasteiger partial charge >= 0.3 is 6.36 Å². The molecule has 1 aliphatic rings. The monoisotopic (exact) mass is 300 g/mol. The molecule has 112 valence electrons. The van der Waals surface area contributed by atoms with Gasteiger partial charge in [0, 0.05) is 30.5 Å². The van der Waals surface area contributed by atoms with Gasteiger partial charge in [-0.3, -0.25) is 14.5 Å². The SMILES string of the molecule is CC(=O)N1CC(Nc2cccc(OC(F)(F)F)c2)=CC1=O. The molecule has 1 aromatic rings. The van der Waals surface area contributed by atoms with Gasteiger partial charge in [-0.05, 0) is 12.1 Å². The topological polar surface area (TPSA) is 58.6 Å². The van der Waals surface area contributed by atoms with Crippen LogP contribution in [0.15, 0.2) is 36.0 Å². The lowest BCUT2D eigenvalue weighted by atomic mass is 10.3. The number of hydrogen-bond donors (Lipinski definition) is 1. The number of nitrogens with one attached hydrogen (secondary N) is 1. The third kappa shape index (κ3) is 3.98. The summed E-state index contributed by atoms with van der Waals surface area (Å²) in [5.74, 6) is -1.24. The third-order valence-electron chi connectivity index (χ3n) is 2.64. The van der Waals surface area contributed by atoms with Crippen molar-refractivity contribution < 1.29 is 27.5 Å². The van der Waals surface area contributed by atoms with Crippen molar-refractivity contribution in [2.75, 3.05) is 11.9 Å². The van der Waals surface area contributed by atoms with E-state index in [2.05, 4.69) is 10.1 Å². The Morgan fingerprint density at radius 3 is 2.67 bits per heavy atom. The Hall–Kier alpha value is -2.51. The molecule has 1 aromatic carbocycles. The second-order valence-corrected chi connectivity index (χ2v) is 4.31. The molecule has 0 saturated heterocycles. The predicted octanol–water partition coefficient (Wildman–Crippen LogP) is 2.27. The minimum atomic E-state index is -4.77. The zero-order valence-corrected chi connectivity index (χ0v) is 10.9. The molecule has 0 saturated carbocycles. The van der Waals surface area contributed by atoms with Crippen LogP contribution in [0.2, 0.25) is 0 Å². The van der Waals surface area contributed by atoms with Gasteiger partial charge in [0.25, 0.3) is 5.91 Å². The fourth-order valence-electron chi connectivity index (χ4n) is 1.82. The quantitative estimate of drug-likeness (QED) is 0.930. The summed E-state index contributed by atoms with van der Waals surface area (Å²) < 4.78 is 40.2. The first-order valence-corrected chi connectivity index (χ1v) is 5.90. The van der Waals surface area contributed by atoms with E-state index in [1.807, 2.05) is 0 Å². The number of nitrogens with zero attached hydrogens (tertiary/aromatic N) is 1. The third-order valence-corrected chi connectivity index (χ3v) is 2.64. The number of amides is 2. The highest BCUT2D eigenvalue weighted by Crippen LogP contribution is 2.26. The molecular weight excluding hydrogens is 289 g/mol. The zero-order valence-electron chi connectivity index (χ0n) is 10.9. The molecule has 2 rings (SSSR count). The largest absolute Gasteiger partial charge is 0.573 e. The summed E-state index contributed by atoms with van der Waals surface area (Å²) in [6.45, 7) is 1.31. The van der Waals surface area contributed by atoms with E-state index in [1.54, 1.807) is 0 Å². The van der Waals surface area contributed by atoms with Gasteiger partial charge in [-0.25, -0.2) is 0 Å². The number of imide groups is 1. The van der Waals surface area contributed by atoms with E-state index < -0.39 is 18.2 Å². The number of ether oxygens (including phenoxy) is 1. The van der Waals surface area contributed by atoms with Gasteiger partial charge in [-0.1, -0.05) is 6.07 Å². The molecule has 0 spiro atoms. The summed E-state index contributed by atoms with van der Waals surface area (Å²) in [6, 6.07) is 5.21. The Kier molecular flexibility index (Phi) is 3.88. The number of benzene rings is 1. The van der Waals surface area contributed by atoms with Gasteiger partial charge in [0.1, 0.15) is 5.75 Å². The van der Waals surface area contributed by atoms with Crippen LogP contribution in [-0.2, 0) is 9.59 Å². The lowest BCUT2D eigenvalue weighted by Crippen LogP contribution is -2.31. The number of carbonyl (C=O) groups is 2. The van der Waals surface area contributed by atoms with Crippen LogP contribution in [0.3, 0.4) is 0 Å². The summed E-state index contributed by atoms with van der Waals surface area (Å²) in [7, 11) is 0. The van der Waals surface area contributed by atoms with E-state index in [0.717, 1.165) is 17.0 Å². The van der Waals surface area contributed by atoms with Gasteiger partial charge in [0.2, 0.25) is 5.91 Å². The Labute approximate surface area is 118 Å². The fourth-order valence-corrected chi connectivity index (χ4v) is 1.82. The highest BCUT2D eigenvalue weighted by Gasteiger charge is 2.31. The standard InChI is InChI=1S/C13H11F3N2O3/c1-8(19)18-7-10(6-12(18)20)17-9-3-2-4-11(5-9)21-13(14,15)16/h2-6,17H,7H2,1H3. The van der Waals surface area contributed by atoms with Crippen LogP contribution in [-0.4, -0.2) is 29.6 Å². The molecule has 2 amide bonds. The van der Waals surface area contributed by atoms with Crippen molar-refractivity contribution in [3.8, 4) is 5.75 Å². The van der Waals surface area contributed by atoms with Gasteiger partial charge in [0.05, 0.1) is 6.54 Å². The summed E-state index contributed by atoms with van der Waals surface area (Å²) in [5.41, 5.74) is 0.737. The van der Waals surface area contributed by atoms with Gasteiger partial charge in [0.15, 0.2) is 0 Å². The first-order chi connectivity index (χ1) is 9.74. The zero-order chi connectivity index (χ0) is 15.6. The van der Waals surface area contributed by atoms with Crippen LogP contribution in [0.25, 0.3) is 0 Å². The van der Waals surface area contributed by atoms with Crippen LogP contribution in [0.5, 0.6) is 5.75 Å². The molecule has 0 radical (unpaired) electrons. The van der Waals surface area contributed by atoms with Crippen LogP contribution in [0.1, 0.15) is 6.92 Å². The second kappa shape index (κ2) is 5.47. The Bertz CT molecular complexity index is 611. The molecule has 1 aliphatic heterocycles. The number of anilines is 1. The van der Waals surface area contributed by atoms with E-state index in [0.29, 0.717) is 11.4 Å². The number of alkyl halides is 3. The van der Waals surface area contributed by atoms with Gasteiger partial charge < -0.3 is 10.1 Å². The molecule has 0 atom stereocenters. The van der Waals surface area contributed by atoms with Crippen LogP contribution < -0.4 is 10.1 Å².